The number of halogens is 2. The zero-order chi connectivity index (χ0) is 5.70. The number of methoxy groups -OCH3 is 1. The highest BCUT2D eigenvalue weighted by Gasteiger charge is 1.90. The molecule has 2 nitrogen and oxygen atoms in total. The summed E-state index contributed by atoms with van der Waals surface area (Å²) in [6.45, 7) is 0.712. The van der Waals surface area contributed by atoms with E-state index in [9.17, 15) is 0 Å². The van der Waals surface area contributed by atoms with Crippen molar-refractivity contribution in [1.82, 2.24) is 3.11 Å². The average molecular weight is 327 g/mol. The zero-order valence-electron chi connectivity index (χ0n) is 4.03. The Morgan fingerprint density at radius 2 is 2.29 bits per heavy atom. The molecule has 0 aliphatic carbocycles. The van der Waals surface area contributed by atoms with Gasteiger partial charge >= 0.3 is 0 Å². The molecule has 0 aromatic rings. The number of hydrogen-bond donors (Lipinski definition) is 0. The second-order valence-electron chi connectivity index (χ2n) is 1.000. The molecule has 0 aromatic carbocycles. The third-order valence-corrected chi connectivity index (χ3v) is 3.15. The van der Waals surface area contributed by atoms with Crippen molar-refractivity contribution in [3.8, 4) is 0 Å². The second kappa shape index (κ2) is 5.52. The molecule has 0 saturated carbocycles. The van der Waals surface area contributed by atoms with Crippen LogP contribution in [0.5, 0.6) is 0 Å². The summed E-state index contributed by atoms with van der Waals surface area (Å²) in [5.41, 5.74) is 0. The Morgan fingerprint density at radius 3 is 2.43 bits per heavy atom. The molecule has 0 N–H and O–H groups in total. The summed E-state index contributed by atoms with van der Waals surface area (Å²) in [5.74, 6) is 0. The summed E-state index contributed by atoms with van der Waals surface area (Å²) < 4.78 is 7.85. The summed E-state index contributed by atoms with van der Waals surface area (Å²) in [4.78, 5) is 0. The smallest absolute Gasteiger partial charge is 0.108 e. The van der Waals surface area contributed by atoms with Gasteiger partial charge in [0.2, 0.25) is 0 Å². The Kier molecular flexibility index (Phi) is 6.60. The van der Waals surface area contributed by atoms with Gasteiger partial charge in [0, 0.05) is 30.0 Å². The van der Waals surface area contributed by atoms with Crippen LogP contribution in [0.2, 0.25) is 0 Å². The Morgan fingerprint density at radius 1 is 1.71 bits per heavy atom. The van der Waals surface area contributed by atoms with Gasteiger partial charge in [-0.15, -0.1) is 0 Å². The largest absolute Gasteiger partial charge is 0.369 e. The molecule has 4 heteroatoms. The highest BCUT2D eigenvalue weighted by Crippen LogP contribution is 2.00. The monoisotopic (exact) mass is 327 g/mol. The molecule has 0 unspecified atom stereocenters. The maximum atomic E-state index is 4.81. The predicted molar refractivity (Wildman–Crippen MR) is 46.6 cm³/mol. The van der Waals surface area contributed by atoms with Gasteiger partial charge in [-0.25, -0.2) is 3.11 Å². The fourth-order valence-electron chi connectivity index (χ4n) is 0.175. The van der Waals surface area contributed by atoms with Crippen LogP contribution in [-0.4, -0.2) is 21.5 Å². The molecule has 0 aliphatic heterocycles. The first-order chi connectivity index (χ1) is 3.31. The van der Waals surface area contributed by atoms with Gasteiger partial charge < -0.3 is 4.74 Å². The molecule has 0 spiro atoms. The van der Waals surface area contributed by atoms with E-state index >= 15 is 0 Å². The van der Waals surface area contributed by atoms with E-state index < -0.39 is 0 Å². The SMILES string of the molecule is COCN(I)CI. The molecule has 7 heavy (non-hydrogen) atoms. The number of hydrogen-bond acceptors (Lipinski definition) is 2. The van der Waals surface area contributed by atoms with E-state index in [0.717, 1.165) is 4.55 Å². The van der Waals surface area contributed by atoms with E-state index in [1.165, 1.54) is 0 Å². The first-order valence-electron chi connectivity index (χ1n) is 1.77. The van der Waals surface area contributed by atoms with Crippen molar-refractivity contribution in [2.45, 2.75) is 0 Å². The molecular formula is C3H7I2NO. The van der Waals surface area contributed by atoms with Gasteiger partial charge in [-0.3, -0.25) is 0 Å². The number of ether oxygens (including phenoxy) is 1. The molecule has 0 saturated heterocycles. The first-order valence-corrected chi connectivity index (χ1v) is 4.26. The van der Waals surface area contributed by atoms with Crippen LogP contribution >= 0.6 is 45.5 Å². The molecule has 0 rings (SSSR count). The minimum atomic E-state index is 0.712. The summed E-state index contributed by atoms with van der Waals surface area (Å²) in [6, 6.07) is 0. The molecule has 0 aliphatic rings. The van der Waals surface area contributed by atoms with Crippen LogP contribution in [0.15, 0.2) is 0 Å². The maximum Gasteiger partial charge on any atom is 0.108 e. The molecule has 0 fully saturated rings. The number of rotatable bonds is 3. The third kappa shape index (κ3) is 5.25. The van der Waals surface area contributed by atoms with E-state index in [4.69, 9.17) is 4.74 Å². The lowest BCUT2D eigenvalue weighted by atomic mass is 11.1. The Hall–Kier alpha value is 1.38. The summed E-state index contributed by atoms with van der Waals surface area (Å²) >= 11 is 4.48. The molecule has 0 amide bonds. The van der Waals surface area contributed by atoms with E-state index in [-0.39, 0.29) is 0 Å². The topological polar surface area (TPSA) is 12.5 Å². The zero-order valence-corrected chi connectivity index (χ0v) is 8.34. The Balaban J connectivity index is 2.83. The van der Waals surface area contributed by atoms with Crippen LogP contribution in [-0.2, 0) is 4.74 Å². The van der Waals surface area contributed by atoms with Crippen LogP contribution in [0.3, 0.4) is 0 Å². The minimum absolute atomic E-state index is 0.712. The lowest BCUT2D eigenvalue weighted by Crippen LogP contribution is -2.10. The minimum Gasteiger partial charge on any atom is -0.369 e. The van der Waals surface area contributed by atoms with Crippen molar-refractivity contribution < 1.29 is 4.74 Å². The van der Waals surface area contributed by atoms with E-state index in [2.05, 4.69) is 45.5 Å². The fourth-order valence-corrected chi connectivity index (χ4v) is 0.650. The summed E-state index contributed by atoms with van der Waals surface area (Å²) in [6.07, 6.45) is 0. The van der Waals surface area contributed by atoms with Gasteiger partial charge in [0.1, 0.15) is 6.73 Å². The Labute approximate surface area is 71.2 Å². The molecular weight excluding hydrogens is 320 g/mol. The lowest BCUT2D eigenvalue weighted by Gasteiger charge is -2.06. The van der Waals surface area contributed by atoms with Crippen LogP contribution < -0.4 is 0 Å². The molecule has 0 aromatic heterocycles. The molecule has 0 atom stereocenters. The van der Waals surface area contributed by atoms with Crippen molar-refractivity contribution >= 4 is 45.5 Å². The second-order valence-corrected chi connectivity index (χ2v) is 3.05. The highest BCUT2D eigenvalue weighted by atomic mass is 127. The lowest BCUT2D eigenvalue weighted by molar-refractivity contribution is 0.145. The Bertz CT molecular complexity index is 43.9. The van der Waals surface area contributed by atoms with E-state index in [1.807, 2.05) is 3.11 Å². The van der Waals surface area contributed by atoms with Crippen LogP contribution in [0.25, 0.3) is 0 Å². The first kappa shape index (κ1) is 8.38. The van der Waals surface area contributed by atoms with Gasteiger partial charge in [0.25, 0.3) is 0 Å². The van der Waals surface area contributed by atoms with Crippen molar-refractivity contribution in [2.24, 2.45) is 0 Å². The normalized spacial score (nSPS) is 10.3. The van der Waals surface area contributed by atoms with Gasteiger partial charge in [-0.1, -0.05) is 22.6 Å². The van der Waals surface area contributed by atoms with Gasteiger partial charge in [0.05, 0.1) is 4.55 Å². The third-order valence-electron chi connectivity index (χ3n) is 0.399. The van der Waals surface area contributed by atoms with Gasteiger partial charge in [0.15, 0.2) is 0 Å². The van der Waals surface area contributed by atoms with Crippen molar-refractivity contribution in [1.29, 1.82) is 0 Å². The average Bonchev–Trinajstić information content (AvgIpc) is 1.68. The fraction of sp³-hybridized carbons (Fsp3) is 1.00. The van der Waals surface area contributed by atoms with E-state index in [0.29, 0.717) is 6.73 Å². The van der Waals surface area contributed by atoms with Gasteiger partial charge in [-0.2, -0.15) is 0 Å². The molecule has 44 valence electrons. The predicted octanol–water partition coefficient (Wildman–Crippen LogP) is 1.63. The number of nitrogens with zero attached hydrogens (tertiary/aromatic N) is 1. The van der Waals surface area contributed by atoms with Crippen molar-refractivity contribution in [3.63, 3.8) is 0 Å². The maximum absolute atomic E-state index is 4.81. The molecule has 0 heterocycles. The van der Waals surface area contributed by atoms with Gasteiger partial charge in [-0.05, 0) is 0 Å². The van der Waals surface area contributed by atoms with Crippen molar-refractivity contribution in [3.05, 3.63) is 0 Å². The van der Waals surface area contributed by atoms with E-state index in [1.54, 1.807) is 7.11 Å². The van der Waals surface area contributed by atoms with Crippen LogP contribution in [0, 0.1) is 0 Å². The highest BCUT2D eigenvalue weighted by molar-refractivity contribution is 14.1. The van der Waals surface area contributed by atoms with Crippen molar-refractivity contribution in [2.75, 3.05) is 18.4 Å². The summed E-state index contributed by atoms with van der Waals surface area (Å²) in [5, 5.41) is 0. The molecule has 0 bridgehead atoms. The number of alkyl halides is 1. The quantitative estimate of drug-likeness (QED) is 0.257. The standard InChI is InChI=1S/C3H7I2NO/c1-7-3-6(5)2-4/h2-3H2,1H3. The van der Waals surface area contributed by atoms with Crippen LogP contribution in [0.1, 0.15) is 0 Å². The molecule has 0 radical (unpaired) electrons. The summed E-state index contributed by atoms with van der Waals surface area (Å²) in [7, 11) is 1.69. The van der Waals surface area contributed by atoms with Crippen LogP contribution in [0.4, 0.5) is 0 Å².